The number of Topliss-reactive ketones (excluding diaryl/α,β-unsaturated/α-hetero) is 1. The van der Waals surface area contributed by atoms with Gasteiger partial charge in [-0.1, -0.05) is 25.5 Å². The van der Waals surface area contributed by atoms with Crippen LogP contribution in [-0.4, -0.2) is 34.0 Å². The van der Waals surface area contributed by atoms with Crippen LogP contribution in [0, 0.1) is 28.6 Å². The van der Waals surface area contributed by atoms with Crippen molar-refractivity contribution in [2.24, 2.45) is 28.6 Å². The minimum absolute atomic E-state index is 0.0298. The number of carbonyl (C=O) groups is 2. The molecule has 3 saturated carbocycles. The number of fused-ring (bicyclic) bond motifs is 3. The maximum atomic E-state index is 12.5. The minimum Gasteiger partial charge on any atom is -0.381 e. The fourth-order valence-corrected chi connectivity index (χ4v) is 7.73. The molecule has 4 aliphatic carbocycles. The molecule has 2 unspecified atom stereocenters. The van der Waals surface area contributed by atoms with Crippen molar-refractivity contribution in [3.05, 3.63) is 23.8 Å². The van der Waals surface area contributed by atoms with Gasteiger partial charge in [-0.2, -0.15) is 0 Å². The Kier molecular flexibility index (Phi) is 2.98. The number of carbonyl (C=O) groups excluding carboxylic acids is 2. The molecule has 5 rings (SSSR count). The summed E-state index contributed by atoms with van der Waals surface area (Å²) in [5, 5.41) is 11.5. The average molecular weight is 356 g/mol. The third-order valence-corrected chi connectivity index (χ3v) is 9.05. The predicted molar refractivity (Wildman–Crippen MR) is 96.3 cm³/mol. The van der Waals surface area contributed by atoms with E-state index in [2.05, 4.69) is 19.9 Å². The van der Waals surface area contributed by atoms with Crippen LogP contribution >= 0.6 is 0 Å². The first kappa shape index (κ1) is 16.9. The highest BCUT2D eigenvalue weighted by Crippen LogP contribution is 2.76. The smallest absolute Gasteiger partial charge is 0.178 e. The second kappa shape index (κ2) is 4.59. The van der Waals surface area contributed by atoms with E-state index in [1.165, 1.54) is 12.5 Å². The first-order valence-corrected chi connectivity index (χ1v) is 9.97. The maximum absolute atomic E-state index is 12.5. The van der Waals surface area contributed by atoms with Crippen molar-refractivity contribution in [3.63, 3.8) is 0 Å². The van der Waals surface area contributed by atoms with Crippen LogP contribution in [0.4, 0.5) is 0 Å². The molecule has 4 nitrogen and oxygen atoms in total. The quantitative estimate of drug-likeness (QED) is 0.734. The number of ether oxygens (including phenoxy) is 1. The molecular weight excluding hydrogens is 328 g/mol. The van der Waals surface area contributed by atoms with Crippen molar-refractivity contribution in [2.45, 2.75) is 70.7 Å². The lowest BCUT2D eigenvalue weighted by molar-refractivity contribution is -0.160. The molecule has 4 heteroatoms. The van der Waals surface area contributed by atoms with Gasteiger partial charge in [0.15, 0.2) is 11.6 Å². The number of aliphatic hydroxyl groups is 1. The standard InChI is InChI=1S/C22H28O4/c1-12-9-17-16-6-5-14-10-15(24)7-8-19(14,3)22(16)18(26-22)11-20(17,4)21(12,25)13(2)23/h7-8,10,12,16-18,25H,5-6,9,11H2,1-4H3/t12-,16-,17-,18?,19-,20-,21-,22?/m0/s1. The summed E-state index contributed by atoms with van der Waals surface area (Å²) in [6.07, 6.45) is 9.07. The van der Waals surface area contributed by atoms with Crippen LogP contribution in [0.15, 0.2) is 23.8 Å². The van der Waals surface area contributed by atoms with Crippen LogP contribution in [-0.2, 0) is 14.3 Å². The van der Waals surface area contributed by atoms with Gasteiger partial charge in [0.2, 0.25) is 0 Å². The molecule has 140 valence electrons. The number of hydrogen-bond donors (Lipinski definition) is 1. The summed E-state index contributed by atoms with van der Waals surface area (Å²) in [5.41, 5.74) is -0.999. The lowest BCUT2D eigenvalue weighted by atomic mass is 9.47. The second-order valence-electron chi connectivity index (χ2n) is 9.84. The zero-order chi connectivity index (χ0) is 18.7. The molecule has 1 aliphatic heterocycles. The Labute approximate surface area is 154 Å². The zero-order valence-electron chi connectivity index (χ0n) is 16.0. The van der Waals surface area contributed by atoms with Gasteiger partial charge in [0, 0.05) is 10.8 Å². The Balaban J connectivity index is 1.62. The number of rotatable bonds is 1. The third-order valence-electron chi connectivity index (χ3n) is 9.05. The molecule has 0 aromatic heterocycles. The summed E-state index contributed by atoms with van der Waals surface area (Å²) in [5.74, 6) is 0.536. The van der Waals surface area contributed by atoms with E-state index in [9.17, 15) is 14.7 Å². The fourth-order valence-electron chi connectivity index (χ4n) is 7.73. The van der Waals surface area contributed by atoms with Gasteiger partial charge >= 0.3 is 0 Å². The number of epoxide rings is 1. The molecule has 0 aromatic rings. The van der Waals surface area contributed by atoms with Crippen LogP contribution in [0.2, 0.25) is 0 Å². The normalized spacial score (nSPS) is 56.8. The van der Waals surface area contributed by atoms with Gasteiger partial charge in [-0.25, -0.2) is 0 Å². The Hall–Kier alpha value is -1.26. The van der Waals surface area contributed by atoms with Crippen LogP contribution in [0.1, 0.15) is 53.4 Å². The molecule has 5 aliphatic rings. The van der Waals surface area contributed by atoms with Crippen molar-refractivity contribution < 1.29 is 19.4 Å². The maximum Gasteiger partial charge on any atom is 0.178 e. The summed E-state index contributed by atoms with van der Waals surface area (Å²) >= 11 is 0. The molecule has 0 amide bonds. The van der Waals surface area contributed by atoms with E-state index in [0.29, 0.717) is 5.92 Å². The molecule has 4 fully saturated rings. The molecule has 1 spiro atoms. The van der Waals surface area contributed by atoms with Crippen LogP contribution in [0.5, 0.6) is 0 Å². The Bertz CT molecular complexity index is 796. The van der Waals surface area contributed by atoms with Crippen molar-refractivity contribution in [1.82, 2.24) is 0 Å². The zero-order valence-corrected chi connectivity index (χ0v) is 16.0. The molecule has 1 saturated heterocycles. The van der Waals surface area contributed by atoms with Crippen LogP contribution < -0.4 is 0 Å². The topological polar surface area (TPSA) is 66.9 Å². The molecule has 26 heavy (non-hydrogen) atoms. The van der Waals surface area contributed by atoms with E-state index in [0.717, 1.165) is 25.7 Å². The summed E-state index contributed by atoms with van der Waals surface area (Å²) < 4.78 is 6.46. The molecule has 0 bridgehead atoms. The van der Waals surface area contributed by atoms with Gasteiger partial charge in [0.1, 0.15) is 11.2 Å². The van der Waals surface area contributed by atoms with Crippen molar-refractivity contribution >= 4 is 11.6 Å². The van der Waals surface area contributed by atoms with E-state index in [1.54, 1.807) is 12.2 Å². The van der Waals surface area contributed by atoms with E-state index in [-0.39, 0.29) is 40.5 Å². The fraction of sp³-hybridized carbons (Fsp3) is 0.727. The third kappa shape index (κ3) is 1.53. The summed E-state index contributed by atoms with van der Waals surface area (Å²) in [6, 6.07) is 0. The molecule has 0 aromatic carbocycles. The first-order chi connectivity index (χ1) is 12.1. The molecule has 1 N–H and O–H groups in total. The van der Waals surface area contributed by atoms with Gasteiger partial charge < -0.3 is 9.84 Å². The highest BCUT2D eigenvalue weighted by molar-refractivity contribution is 6.01. The van der Waals surface area contributed by atoms with E-state index in [4.69, 9.17) is 4.74 Å². The number of ketones is 2. The molecule has 8 atom stereocenters. The molecule has 1 heterocycles. The largest absolute Gasteiger partial charge is 0.381 e. The highest BCUT2D eigenvalue weighted by Gasteiger charge is 2.81. The number of hydrogen-bond acceptors (Lipinski definition) is 4. The lowest BCUT2D eigenvalue weighted by Crippen LogP contribution is -2.61. The van der Waals surface area contributed by atoms with Crippen molar-refractivity contribution in [1.29, 1.82) is 0 Å². The van der Waals surface area contributed by atoms with Crippen LogP contribution in [0.3, 0.4) is 0 Å². The van der Waals surface area contributed by atoms with Gasteiger partial charge in [-0.3, -0.25) is 9.59 Å². The second-order valence-corrected chi connectivity index (χ2v) is 9.84. The van der Waals surface area contributed by atoms with E-state index < -0.39 is 11.0 Å². The first-order valence-electron chi connectivity index (χ1n) is 9.97. The highest BCUT2D eigenvalue weighted by atomic mass is 16.6. The monoisotopic (exact) mass is 356 g/mol. The van der Waals surface area contributed by atoms with Gasteiger partial charge in [0.25, 0.3) is 0 Å². The average Bonchev–Trinajstić information content (AvgIpc) is 3.25. The molecular formula is C22H28O4. The van der Waals surface area contributed by atoms with E-state index in [1.807, 2.05) is 6.92 Å². The van der Waals surface area contributed by atoms with Crippen molar-refractivity contribution in [3.8, 4) is 0 Å². The minimum atomic E-state index is -1.26. The molecule has 0 radical (unpaired) electrons. The summed E-state index contributed by atoms with van der Waals surface area (Å²) in [7, 11) is 0. The Morgan fingerprint density at radius 1 is 1.31 bits per heavy atom. The van der Waals surface area contributed by atoms with Gasteiger partial charge in [-0.05, 0) is 69.4 Å². The Morgan fingerprint density at radius 2 is 2.04 bits per heavy atom. The predicted octanol–water partition coefficient (Wildman–Crippen LogP) is 2.99. The van der Waals surface area contributed by atoms with Gasteiger partial charge in [-0.15, -0.1) is 0 Å². The number of allylic oxidation sites excluding steroid dienone is 2. The van der Waals surface area contributed by atoms with Crippen molar-refractivity contribution in [2.75, 3.05) is 0 Å². The van der Waals surface area contributed by atoms with Crippen LogP contribution in [0.25, 0.3) is 0 Å². The van der Waals surface area contributed by atoms with E-state index >= 15 is 0 Å². The lowest BCUT2D eigenvalue weighted by Gasteiger charge is -2.55. The van der Waals surface area contributed by atoms with Gasteiger partial charge in [0.05, 0.1) is 6.10 Å². The summed E-state index contributed by atoms with van der Waals surface area (Å²) in [4.78, 5) is 24.4. The SMILES string of the molecule is CC(=O)[C@@]1(O)[C@@H](C)C[C@H]2[C@@H]3CCC4=CC(=O)C=C[C@]4(C)C34OC4C[C@@]21C. The Morgan fingerprint density at radius 3 is 2.73 bits per heavy atom. The summed E-state index contributed by atoms with van der Waals surface area (Å²) in [6.45, 7) is 7.89.